The van der Waals surface area contributed by atoms with Crippen LogP contribution in [0.1, 0.15) is 23.0 Å². The molecule has 2 aromatic carbocycles. The van der Waals surface area contributed by atoms with Crippen molar-refractivity contribution in [2.24, 2.45) is 0 Å². The Balaban J connectivity index is 1.90. The molecular formula is C20H16N4O. The Morgan fingerprint density at radius 1 is 1.08 bits per heavy atom. The molecule has 2 N–H and O–H groups in total. The average Bonchev–Trinajstić information content (AvgIpc) is 3.18. The first-order chi connectivity index (χ1) is 12.3. The van der Waals surface area contributed by atoms with Crippen LogP contribution in [0.3, 0.4) is 0 Å². The van der Waals surface area contributed by atoms with Crippen molar-refractivity contribution in [3.05, 3.63) is 95.6 Å². The monoisotopic (exact) mass is 328 g/mol. The smallest absolute Gasteiger partial charge is 0.262 e. The van der Waals surface area contributed by atoms with Crippen LogP contribution in [-0.4, -0.2) is 15.9 Å². The number of hydrogen-bond donors (Lipinski definition) is 2. The number of aromatic nitrogens is 2. The summed E-state index contributed by atoms with van der Waals surface area (Å²) < 4.78 is 0. The van der Waals surface area contributed by atoms with E-state index in [9.17, 15) is 10.1 Å². The second kappa shape index (κ2) is 7.75. The number of carbonyl (C=O) groups excluding carboxylic acids is 1. The molecular weight excluding hydrogens is 312 g/mol. The molecule has 3 rings (SSSR count). The number of H-pyrrole nitrogens is 1. The largest absolute Gasteiger partial charge is 0.345 e. The Morgan fingerprint density at radius 2 is 1.68 bits per heavy atom. The van der Waals surface area contributed by atoms with Crippen LogP contribution >= 0.6 is 0 Å². The van der Waals surface area contributed by atoms with E-state index in [1.807, 2.05) is 66.7 Å². The number of amides is 1. The first kappa shape index (κ1) is 16.2. The third-order valence-corrected chi connectivity index (χ3v) is 3.71. The normalized spacial score (nSPS) is 11.1. The average molecular weight is 328 g/mol. The van der Waals surface area contributed by atoms with Crippen molar-refractivity contribution in [2.45, 2.75) is 6.04 Å². The van der Waals surface area contributed by atoms with Crippen LogP contribution in [0.2, 0.25) is 0 Å². The summed E-state index contributed by atoms with van der Waals surface area (Å²) in [5.74, 6) is 0.0132. The quantitative estimate of drug-likeness (QED) is 0.557. The lowest BCUT2D eigenvalue weighted by molar-refractivity contribution is -0.117. The number of carbonyl (C=O) groups is 1. The van der Waals surface area contributed by atoms with Gasteiger partial charge in [-0.1, -0.05) is 60.7 Å². The van der Waals surface area contributed by atoms with E-state index in [-0.39, 0.29) is 11.6 Å². The second-order valence-electron chi connectivity index (χ2n) is 5.37. The molecule has 1 amide bonds. The molecule has 1 aromatic heterocycles. The van der Waals surface area contributed by atoms with Crippen molar-refractivity contribution >= 4 is 12.0 Å². The summed E-state index contributed by atoms with van der Waals surface area (Å²) in [6.07, 6.45) is 4.63. The third-order valence-electron chi connectivity index (χ3n) is 3.71. The van der Waals surface area contributed by atoms with Gasteiger partial charge in [-0.15, -0.1) is 0 Å². The van der Waals surface area contributed by atoms with Crippen LogP contribution in [0.15, 0.2) is 78.6 Å². The minimum atomic E-state index is -0.448. The number of aromatic amines is 1. The summed E-state index contributed by atoms with van der Waals surface area (Å²) in [6, 6.07) is 20.9. The van der Waals surface area contributed by atoms with E-state index in [1.165, 1.54) is 6.08 Å². The molecule has 0 aliphatic carbocycles. The van der Waals surface area contributed by atoms with Gasteiger partial charge in [0, 0.05) is 18.5 Å². The van der Waals surface area contributed by atoms with E-state index in [0.29, 0.717) is 5.82 Å². The summed E-state index contributed by atoms with van der Waals surface area (Å²) >= 11 is 0. The van der Waals surface area contributed by atoms with Gasteiger partial charge in [0.05, 0.1) is 6.04 Å². The lowest BCUT2D eigenvalue weighted by Gasteiger charge is -2.19. The van der Waals surface area contributed by atoms with Gasteiger partial charge in [0.15, 0.2) is 0 Å². The van der Waals surface area contributed by atoms with Crippen LogP contribution in [0.4, 0.5) is 0 Å². The zero-order valence-corrected chi connectivity index (χ0v) is 13.4. The molecule has 0 spiro atoms. The number of nitrogens with zero attached hydrogens (tertiary/aromatic N) is 2. The van der Waals surface area contributed by atoms with E-state index in [2.05, 4.69) is 15.3 Å². The fraction of sp³-hybridized carbons (Fsp3) is 0.0500. The van der Waals surface area contributed by atoms with Gasteiger partial charge in [-0.3, -0.25) is 4.79 Å². The van der Waals surface area contributed by atoms with Crippen LogP contribution in [0, 0.1) is 11.3 Å². The van der Waals surface area contributed by atoms with Crippen molar-refractivity contribution in [3.63, 3.8) is 0 Å². The van der Waals surface area contributed by atoms with Crippen LogP contribution in [0.25, 0.3) is 6.08 Å². The Morgan fingerprint density at radius 3 is 2.16 bits per heavy atom. The number of rotatable bonds is 5. The maximum atomic E-state index is 12.6. The maximum Gasteiger partial charge on any atom is 0.262 e. The molecule has 0 saturated heterocycles. The van der Waals surface area contributed by atoms with Crippen molar-refractivity contribution in [1.82, 2.24) is 15.3 Å². The highest BCUT2D eigenvalue weighted by Crippen LogP contribution is 2.22. The number of hydrogen-bond acceptors (Lipinski definition) is 3. The van der Waals surface area contributed by atoms with Crippen molar-refractivity contribution < 1.29 is 4.79 Å². The minimum Gasteiger partial charge on any atom is -0.345 e. The van der Waals surface area contributed by atoms with Gasteiger partial charge in [-0.2, -0.15) is 5.26 Å². The Kier molecular flexibility index (Phi) is 5.03. The molecule has 0 aliphatic rings. The molecule has 0 fully saturated rings. The van der Waals surface area contributed by atoms with Gasteiger partial charge in [0.25, 0.3) is 5.91 Å². The molecule has 0 atom stereocenters. The van der Waals surface area contributed by atoms with E-state index in [1.54, 1.807) is 12.4 Å². The minimum absolute atomic E-state index is 0.00758. The van der Waals surface area contributed by atoms with Gasteiger partial charge in [-0.05, 0) is 11.1 Å². The van der Waals surface area contributed by atoms with E-state index in [4.69, 9.17) is 0 Å². The molecule has 25 heavy (non-hydrogen) atoms. The topological polar surface area (TPSA) is 81.6 Å². The lowest BCUT2D eigenvalue weighted by Crippen LogP contribution is -2.30. The van der Waals surface area contributed by atoms with Gasteiger partial charge < -0.3 is 10.3 Å². The van der Waals surface area contributed by atoms with E-state index in [0.717, 1.165) is 11.1 Å². The number of nitrogens with one attached hydrogen (secondary N) is 2. The standard InChI is InChI=1S/C20H16N4O/c21-14-17(13-18-22-11-12-23-18)20(25)24-19(15-7-3-1-4-8-15)16-9-5-2-6-10-16/h1-13,19H,(H,22,23)(H,24,25)/b17-13+. The molecule has 122 valence electrons. The maximum absolute atomic E-state index is 12.6. The van der Waals surface area contributed by atoms with Crippen molar-refractivity contribution in [1.29, 1.82) is 5.26 Å². The summed E-state index contributed by atoms with van der Waals surface area (Å²) in [4.78, 5) is 19.5. The Labute approximate surface area is 145 Å². The Bertz CT molecular complexity index is 854. The third kappa shape index (κ3) is 4.01. The zero-order chi connectivity index (χ0) is 17.5. The highest BCUT2D eigenvalue weighted by Gasteiger charge is 2.19. The predicted octanol–water partition coefficient (Wildman–Crippen LogP) is 3.22. The van der Waals surface area contributed by atoms with Crippen LogP contribution in [0.5, 0.6) is 0 Å². The van der Waals surface area contributed by atoms with Crippen LogP contribution < -0.4 is 5.32 Å². The molecule has 0 unspecified atom stereocenters. The molecule has 0 saturated carbocycles. The number of nitriles is 1. The molecule has 5 nitrogen and oxygen atoms in total. The fourth-order valence-electron chi connectivity index (χ4n) is 2.50. The molecule has 3 aromatic rings. The first-order valence-corrected chi connectivity index (χ1v) is 7.80. The van der Waals surface area contributed by atoms with E-state index < -0.39 is 5.91 Å². The molecule has 0 radical (unpaired) electrons. The summed E-state index contributed by atoms with van der Waals surface area (Å²) in [5.41, 5.74) is 1.88. The Hall–Kier alpha value is -3.65. The number of benzene rings is 2. The van der Waals surface area contributed by atoms with Gasteiger partial charge in [0.2, 0.25) is 0 Å². The summed E-state index contributed by atoms with van der Waals surface area (Å²) in [5, 5.41) is 12.3. The van der Waals surface area contributed by atoms with E-state index >= 15 is 0 Å². The van der Waals surface area contributed by atoms with Crippen molar-refractivity contribution in [2.75, 3.05) is 0 Å². The molecule has 1 heterocycles. The molecule has 0 aliphatic heterocycles. The highest BCUT2D eigenvalue weighted by atomic mass is 16.1. The fourth-order valence-corrected chi connectivity index (χ4v) is 2.50. The predicted molar refractivity (Wildman–Crippen MR) is 95.0 cm³/mol. The van der Waals surface area contributed by atoms with Gasteiger partial charge in [0.1, 0.15) is 17.5 Å². The number of imidazole rings is 1. The highest BCUT2D eigenvalue weighted by molar-refractivity contribution is 6.01. The van der Waals surface area contributed by atoms with Crippen molar-refractivity contribution in [3.8, 4) is 6.07 Å². The lowest BCUT2D eigenvalue weighted by atomic mass is 9.98. The zero-order valence-electron chi connectivity index (χ0n) is 13.4. The van der Waals surface area contributed by atoms with Gasteiger partial charge >= 0.3 is 0 Å². The molecule has 0 bridgehead atoms. The summed E-state index contributed by atoms with van der Waals surface area (Å²) in [7, 11) is 0. The van der Waals surface area contributed by atoms with Crippen LogP contribution in [-0.2, 0) is 4.79 Å². The molecule has 5 heteroatoms. The van der Waals surface area contributed by atoms with Gasteiger partial charge in [-0.25, -0.2) is 4.98 Å². The summed E-state index contributed by atoms with van der Waals surface area (Å²) in [6.45, 7) is 0. The second-order valence-corrected chi connectivity index (χ2v) is 5.37. The first-order valence-electron chi connectivity index (χ1n) is 7.80. The SMILES string of the molecule is N#C/C(=C\c1ncc[nH]1)C(=O)NC(c1ccccc1)c1ccccc1.